The third kappa shape index (κ3) is 4.31. The minimum absolute atomic E-state index is 0.0586. The van der Waals surface area contributed by atoms with Crippen molar-refractivity contribution >= 4 is 32.8 Å². The molecular formula is C10H15N5O11P2. The number of phosphoric ester groups is 1. The molecule has 0 aromatic carbocycles. The molecule has 0 aliphatic carbocycles. The van der Waals surface area contributed by atoms with E-state index in [1.807, 2.05) is 0 Å². The molecule has 5 atom stereocenters. The number of aliphatic hydroxyl groups is 2. The number of H-pyrrole nitrogens is 1. The van der Waals surface area contributed by atoms with Crippen LogP contribution in [-0.2, 0) is 22.7 Å². The summed E-state index contributed by atoms with van der Waals surface area (Å²) in [7, 11) is -10.5. The van der Waals surface area contributed by atoms with Gasteiger partial charge in [-0.25, -0.2) is 14.1 Å². The first-order valence-corrected chi connectivity index (χ1v) is 10.4. The zero-order valence-corrected chi connectivity index (χ0v) is 15.4. The summed E-state index contributed by atoms with van der Waals surface area (Å²) in [4.78, 5) is 48.1. The number of nitrogens with two attached hydrogens (primary N) is 1. The van der Waals surface area contributed by atoms with Crippen LogP contribution >= 0.6 is 15.6 Å². The molecular weight excluding hydrogens is 433 g/mol. The Morgan fingerprint density at radius 1 is 1.29 bits per heavy atom. The Hall–Kier alpha value is -1.71. The minimum Gasteiger partial charge on any atom is -0.387 e. The Morgan fingerprint density at radius 3 is 2.61 bits per heavy atom. The van der Waals surface area contributed by atoms with E-state index in [4.69, 9.17) is 20.3 Å². The molecule has 2 aromatic heterocycles. The first-order chi connectivity index (χ1) is 12.9. The number of anilines is 1. The first kappa shape index (κ1) is 21.0. The second-order valence-corrected chi connectivity index (χ2v) is 8.49. The third-order valence-corrected chi connectivity index (χ3v) is 5.83. The predicted molar refractivity (Wildman–Crippen MR) is 87.4 cm³/mol. The molecule has 0 bridgehead atoms. The molecule has 0 spiro atoms. The maximum absolute atomic E-state index is 11.8. The van der Waals surface area contributed by atoms with E-state index in [0.717, 1.165) is 10.9 Å². The zero-order valence-electron chi connectivity index (χ0n) is 13.6. The van der Waals surface area contributed by atoms with Gasteiger partial charge in [-0.3, -0.25) is 18.9 Å². The van der Waals surface area contributed by atoms with Crippen LogP contribution in [0.3, 0.4) is 0 Å². The van der Waals surface area contributed by atoms with Gasteiger partial charge < -0.3 is 35.4 Å². The van der Waals surface area contributed by atoms with Crippen LogP contribution in [0.15, 0.2) is 11.1 Å². The quantitative estimate of drug-likeness (QED) is 0.179. The molecule has 2 aromatic rings. The fraction of sp³-hybridized carbons (Fsp3) is 0.500. The smallest absolute Gasteiger partial charge is 0.387 e. The highest BCUT2D eigenvalue weighted by atomic mass is 31.3. The number of ether oxygens (including phenoxy) is 1. The van der Waals surface area contributed by atoms with Crippen molar-refractivity contribution in [3.05, 3.63) is 16.7 Å². The number of aromatic amines is 1. The van der Waals surface area contributed by atoms with Gasteiger partial charge in [0.15, 0.2) is 17.4 Å². The van der Waals surface area contributed by atoms with Gasteiger partial charge in [-0.2, -0.15) is 9.29 Å². The van der Waals surface area contributed by atoms with E-state index in [9.17, 15) is 29.0 Å². The SMILES string of the molecule is Nc1nc2c(ncn2[13C@@H]2O[13C@H]([13CH2]OP(=O)(O)OP(=O)(O)O)[13C@@H](O)[13C@H]2O)c(=O)[nH]1. The number of nitrogen functional groups attached to an aromatic ring is 1. The molecule has 0 amide bonds. The number of aliphatic hydroxyl groups excluding tert-OH is 2. The van der Waals surface area contributed by atoms with Gasteiger partial charge in [-0.05, 0) is 0 Å². The van der Waals surface area contributed by atoms with E-state index >= 15 is 0 Å². The summed E-state index contributed by atoms with van der Waals surface area (Å²) in [5.41, 5.74) is 4.65. The van der Waals surface area contributed by atoms with E-state index < -0.39 is 52.4 Å². The summed E-state index contributed by atoms with van der Waals surface area (Å²) < 4.78 is 36.6. The van der Waals surface area contributed by atoms with E-state index in [-0.39, 0.29) is 17.1 Å². The number of nitrogens with one attached hydrogen (secondary N) is 1. The van der Waals surface area contributed by atoms with Crippen molar-refractivity contribution in [2.75, 3.05) is 12.3 Å². The molecule has 18 heteroatoms. The molecule has 16 nitrogen and oxygen atoms in total. The van der Waals surface area contributed by atoms with E-state index in [1.54, 1.807) is 0 Å². The lowest BCUT2D eigenvalue weighted by Gasteiger charge is -2.17. The predicted octanol–water partition coefficient (Wildman–Crippen LogP) is -2.45. The Labute approximate surface area is 154 Å². The minimum atomic E-state index is -5.32. The second-order valence-electron chi connectivity index (χ2n) is 5.66. The second kappa shape index (κ2) is 7.27. The molecule has 0 radical (unpaired) electrons. The van der Waals surface area contributed by atoms with Crippen LogP contribution in [0.1, 0.15) is 6.23 Å². The Morgan fingerprint density at radius 2 is 1.96 bits per heavy atom. The monoisotopic (exact) mass is 448 g/mol. The lowest BCUT2D eigenvalue weighted by molar-refractivity contribution is -0.0503. The van der Waals surface area contributed by atoms with Crippen molar-refractivity contribution in [2.24, 2.45) is 0 Å². The molecule has 1 aliphatic rings. The maximum Gasteiger partial charge on any atom is 0.481 e. The van der Waals surface area contributed by atoms with Crippen LogP contribution < -0.4 is 11.3 Å². The highest BCUT2D eigenvalue weighted by molar-refractivity contribution is 7.60. The summed E-state index contributed by atoms with van der Waals surface area (Å²) in [6, 6.07) is 0. The molecule has 1 unspecified atom stereocenters. The lowest BCUT2D eigenvalue weighted by Crippen LogP contribution is -2.33. The molecule has 3 heterocycles. The number of fused-ring (bicyclic) bond motifs is 1. The van der Waals surface area contributed by atoms with Crippen molar-refractivity contribution in [3.63, 3.8) is 0 Å². The van der Waals surface area contributed by atoms with Crippen molar-refractivity contribution in [1.29, 1.82) is 0 Å². The molecule has 28 heavy (non-hydrogen) atoms. The Kier molecular flexibility index (Phi) is 5.46. The molecule has 1 aliphatic heterocycles. The van der Waals surface area contributed by atoms with Crippen LogP contribution in [0, 0.1) is 0 Å². The Balaban J connectivity index is 1.79. The van der Waals surface area contributed by atoms with Gasteiger partial charge in [0.2, 0.25) is 5.95 Å². The van der Waals surface area contributed by atoms with Gasteiger partial charge in [0, 0.05) is 0 Å². The number of hydrogen-bond acceptors (Lipinski definition) is 11. The molecule has 3 rings (SSSR count). The van der Waals surface area contributed by atoms with Crippen molar-refractivity contribution < 1.29 is 47.6 Å². The summed E-state index contributed by atoms with van der Waals surface area (Å²) >= 11 is 0. The van der Waals surface area contributed by atoms with Crippen LogP contribution in [0.4, 0.5) is 5.95 Å². The molecule has 156 valence electrons. The third-order valence-electron chi connectivity index (χ3n) is 3.67. The van der Waals surface area contributed by atoms with Crippen LogP contribution in [0.2, 0.25) is 0 Å². The standard InChI is InChI=1S/C10H15N5O11P2/c11-10-13-7-4(8(18)14-10)12-2-15(7)9-6(17)5(16)3(25-9)1-24-28(22,23)26-27(19,20)21/h2-3,5-6,9,16-17H,1H2,(H,22,23)(H2,19,20,21)(H3,11,13,14,18)/t3-,5-,6-,9-/m1/s1/i1+1,3+1,5+1,6+1,9+1. The summed E-state index contributed by atoms with van der Waals surface area (Å²) in [6.45, 7) is -0.870. The largest absolute Gasteiger partial charge is 0.481 e. The number of phosphoric acid groups is 2. The summed E-state index contributed by atoms with van der Waals surface area (Å²) in [5.74, 6) is -0.233. The number of aromatic nitrogens is 4. The summed E-state index contributed by atoms with van der Waals surface area (Å²) in [6.07, 6.45) is -4.88. The fourth-order valence-corrected chi connectivity index (χ4v) is 4.15. The van der Waals surface area contributed by atoms with Gasteiger partial charge in [0.05, 0.1) is 12.9 Å². The number of imidazole rings is 1. The van der Waals surface area contributed by atoms with Crippen LogP contribution in [-0.4, -0.2) is 69.3 Å². The molecule has 0 saturated carbocycles. The van der Waals surface area contributed by atoms with Crippen LogP contribution in [0.5, 0.6) is 0 Å². The topological polar surface area (TPSA) is 253 Å². The van der Waals surface area contributed by atoms with Gasteiger partial charge in [0.25, 0.3) is 5.56 Å². The highest BCUT2D eigenvalue weighted by Crippen LogP contribution is 2.57. The number of nitrogens with zero attached hydrogens (tertiary/aromatic N) is 3. The normalized spacial score (nSPS) is 27.9. The van der Waals surface area contributed by atoms with Crippen molar-refractivity contribution in [1.82, 2.24) is 19.5 Å². The number of rotatable bonds is 6. The lowest BCUT2D eigenvalue weighted by atomic mass is 10.5. The first-order valence-electron chi connectivity index (χ1n) is 7.36. The van der Waals surface area contributed by atoms with Gasteiger partial charge in [-0.1, -0.05) is 0 Å². The molecule has 1 fully saturated rings. The molecule has 8 N–H and O–H groups in total. The highest BCUT2D eigenvalue weighted by Gasteiger charge is 2.46. The maximum atomic E-state index is 11.8. The van der Waals surface area contributed by atoms with E-state index in [0.29, 0.717) is 0 Å². The van der Waals surface area contributed by atoms with Gasteiger partial charge in [-0.15, -0.1) is 0 Å². The number of hydrogen-bond donors (Lipinski definition) is 7. The fourth-order valence-electron chi connectivity index (χ4n) is 2.55. The summed E-state index contributed by atoms with van der Waals surface area (Å²) in [5, 5.41) is 20.3. The Bertz CT molecular complexity index is 1030. The van der Waals surface area contributed by atoms with E-state index in [2.05, 4.69) is 23.8 Å². The molecule has 1 saturated heterocycles. The van der Waals surface area contributed by atoms with E-state index in [1.165, 1.54) is 0 Å². The van der Waals surface area contributed by atoms with Crippen molar-refractivity contribution in [2.45, 2.75) is 24.5 Å². The zero-order chi connectivity index (χ0) is 20.9. The van der Waals surface area contributed by atoms with Gasteiger partial charge in [0.1, 0.15) is 18.3 Å². The van der Waals surface area contributed by atoms with Gasteiger partial charge >= 0.3 is 15.6 Å². The average Bonchev–Trinajstić information content (AvgIpc) is 3.06. The van der Waals surface area contributed by atoms with Crippen LogP contribution in [0.25, 0.3) is 11.2 Å². The average molecular weight is 448 g/mol. The van der Waals surface area contributed by atoms with Crippen molar-refractivity contribution in [3.8, 4) is 0 Å².